The van der Waals surface area contributed by atoms with Crippen LogP contribution in [-0.4, -0.2) is 14.0 Å². The first-order chi connectivity index (χ1) is 8.01. The summed E-state index contributed by atoms with van der Waals surface area (Å²) in [4.78, 5) is 0.893. The van der Waals surface area contributed by atoms with Crippen LogP contribution in [0.5, 0.6) is 0 Å². The lowest BCUT2D eigenvalue weighted by molar-refractivity contribution is 0.214. The number of hydrogen-bond acceptors (Lipinski definition) is 4. The van der Waals surface area contributed by atoms with Crippen molar-refractivity contribution < 1.29 is 8.42 Å². The van der Waals surface area contributed by atoms with Crippen LogP contribution in [0, 0.1) is 0 Å². The van der Waals surface area contributed by atoms with Crippen LogP contribution >= 0.6 is 11.3 Å². The predicted octanol–water partition coefficient (Wildman–Crippen LogP) is 1.82. The third-order valence-corrected chi connectivity index (χ3v) is 6.62. The van der Waals surface area contributed by atoms with Gasteiger partial charge in [-0.3, -0.25) is 0 Å². The normalized spacial score (nSPS) is 18.9. The number of rotatable bonds is 5. The number of sulfonamides is 1. The molecule has 4 nitrogen and oxygen atoms in total. The second-order valence-electron chi connectivity index (χ2n) is 4.52. The molecule has 3 N–H and O–H groups in total. The lowest BCUT2D eigenvalue weighted by Gasteiger charge is -2.41. The third kappa shape index (κ3) is 2.54. The molecule has 0 bridgehead atoms. The van der Waals surface area contributed by atoms with Crippen LogP contribution in [0.4, 0.5) is 0 Å². The zero-order valence-corrected chi connectivity index (χ0v) is 11.5. The molecule has 1 aliphatic carbocycles. The molecule has 0 unspecified atom stereocenters. The van der Waals surface area contributed by atoms with Crippen molar-refractivity contribution in [1.82, 2.24) is 4.72 Å². The van der Waals surface area contributed by atoms with Crippen LogP contribution in [0.25, 0.3) is 0 Å². The van der Waals surface area contributed by atoms with E-state index in [1.54, 1.807) is 12.1 Å². The largest absolute Gasteiger partial charge is 0.326 e. The highest BCUT2D eigenvalue weighted by molar-refractivity contribution is 7.91. The summed E-state index contributed by atoms with van der Waals surface area (Å²) >= 11 is 1.25. The molecule has 1 fully saturated rings. The zero-order chi connectivity index (χ0) is 12.5. The molecule has 0 aromatic carbocycles. The average molecular weight is 274 g/mol. The molecule has 1 saturated carbocycles. The SMILES string of the molecule is CCC1(NS(=O)(=O)c2ccc(CN)s2)CCC1. The standard InChI is InChI=1S/C11H18N2O2S2/c1-2-11(6-3-7-11)13-17(14,15)10-5-4-9(8-12)16-10/h4-5,13H,2-3,6-8,12H2,1H3. The minimum atomic E-state index is -3.37. The lowest BCUT2D eigenvalue weighted by Crippen LogP contribution is -2.52. The van der Waals surface area contributed by atoms with E-state index in [9.17, 15) is 8.42 Å². The van der Waals surface area contributed by atoms with Gasteiger partial charge in [0.1, 0.15) is 4.21 Å². The molecule has 96 valence electrons. The second kappa shape index (κ2) is 4.68. The molecule has 0 atom stereocenters. The van der Waals surface area contributed by atoms with Crippen LogP contribution in [0.1, 0.15) is 37.5 Å². The van der Waals surface area contributed by atoms with Gasteiger partial charge in [0.2, 0.25) is 0 Å². The number of thiophene rings is 1. The van der Waals surface area contributed by atoms with Crippen molar-refractivity contribution in [2.24, 2.45) is 5.73 Å². The summed E-state index contributed by atoms with van der Waals surface area (Å²) in [6.07, 6.45) is 3.84. The Balaban J connectivity index is 2.18. The highest BCUT2D eigenvalue weighted by Crippen LogP contribution is 2.36. The lowest BCUT2D eigenvalue weighted by atomic mass is 9.76. The minimum Gasteiger partial charge on any atom is -0.326 e. The maximum absolute atomic E-state index is 12.2. The van der Waals surface area contributed by atoms with Gasteiger partial charge in [-0.1, -0.05) is 6.92 Å². The van der Waals surface area contributed by atoms with Crippen LogP contribution in [0.15, 0.2) is 16.3 Å². The molecule has 0 saturated heterocycles. The summed E-state index contributed by atoms with van der Waals surface area (Å²) in [5.41, 5.74) is 5.29. The summed E-state index contributed by atoms with van der Waals surface area (Å²) in [7, 11) is -3.37. The fourth-order valence-electron chi connectivity index (χ4n) is 2.08. The Morgan fingerprint density at radius 2 is 2.18 bits per heavy atom. The first kappa shape index (κ1) is 13.0. The predicted molar refractivity (Wildman–Crippen MR) is 69.4 cm³/mol. The van der Waals surface area contributed by atoms with Gasteiger partial charge >= 0.3 is 0 Å². The molecule has 0 aliphatic heterocycles. The first-order valence-electron chi connectivity index (χ1n) is 5.84. The summed E-state index contributed by atoms with van der Waals surface area (Å²) in [6.45, 7) is 2.42. The Morgan fingerprint density at radius 1 is 1.47 bits per heavy atom. The van der Waals surface area contributed by atoms with Crippen molar-refractivity contribution in [2.75, 3.05) is 0 Å². The average Bonchev–Trinajstić information content (AvgIpc) is 2.72. The van der Waals surface area contributed by atoms with E-state index in [1.165, 1.54) is 11.3 Å². The van der Waals surface area contributed by atoms with Crippen molar-refractivity contribution in [1.29, 1.82) is 0 Å². The van der Waals surface area contributed by atoms with E-state index in [0.717, 1.165) is 30.6 Å². The van der Waals surface area contributed by atoms with Gasteiger partial charge in [-0.15, -0.1) is 11.3 Å². The monoisotopic (exact) mass is 274 g/mol. The molecule has 0 amide bonds. The molecule has 1 heterocycles. The van der Waals surface area contributed by atoms with Gasteiger partial charge in [0.15, 0.2) is 0 Å². The van der Waals surface area contributed by atoms with Gasteiger partial charge in [0.25, 0.3) is 10.0 Å². The molecular weight excluding hydrogens is 256 g/mol. The smallest absolute Gasteiger partial charge is 0.250 e. The molecule has 6 heteroatoms. The number of nitrogens with two attached hydrogens (primary N) is 1. The molecule has 0 spiro atoms. The van der Waals surface area contributed by atoms with Crippen LogP contribution in [-0.2, 0) is 16.6 Å². The molecule has 1 aromatic rings. The van der Waals surface area contributed by atoms with E-state index in [1.807, 2.05) is 6.92 Å². The minimum absolute atomic E-state index is 0.203. The summed E-state index contributed by atoms with van der Waals surface area (Å²) in [6, 6.07) is 3.41. The fraction of sp³-hybridized carbons (Fsp3) is 0.636. The van der Waals surface area contributed by atoms with E-state index in [-0.39, 0.29) is 5.54 Å². The Labute approximate surface area is 106 Å². The fourth-order valence-corrected chi connectivity index (χ4v) is 4.84. The molecule has 0 radical (unpaired) electrons. The third-order valence-electron chi connectivity index (χ3n) is 3.44. The Hall–Kier alpha value is -0.430. The van der Waals surface area contributed by atoms with Gasteiger partial charge in [0, 0.05) is 17.0 Å². The van der Waals surface area contributed by atoms with Gasteiger partial charge in [-0.25, -0.2) is 13.1 Å². The highest BCUT2D eigenvalue weighted by atomic mass is 32.2. The Bertz CT molecular complexity index is 484. The molecule has 17 heavy (non-hydrogen) atoms. The van der Waals surface area contributed by atoms with Crippen LogP contribution < -0.4 is 10.5 Å². The van der Waals surface area contributed by atoms with E-state index in [4.69, 9.17) is 5.73 Å². The van der Waals surface area contributed by atoms with Crippen molar-refractivity contribution in [3.05, 3.63) is 17.0 Å². The summed E-state index contributed by atoms with van der Waals surface area (Å²) in [5, 5.41) is 0. The second-order valence-corrected chi connectivity index (χ2v) is 7.60. The quantitative estimate of drug-likeness (QED) is 0.860. The van der Waals surface area contributed by atoms with Crippen molar-refractivity contribution >= 4 is 21.4 Å². The molecular formula is C11H18N2O2S2. The van der Waals surface area contributed by atoms with Crippen LogP contribution in [0.3, 0.4) is 0 Å². The van der Waals surface area contributed by atoms with E-state index >= 15 is 0 Å². The maximum Gasteiger partial charge on any atom is 0.250 e. The van der Waals surface area contributed by atoms with E-state index < -0.39 is 10.0 Å². The van der Waals surface area contributed by atoms with Gasteiger partial charge < -0.3 is 5.73 Å². The molecule has 1 aliphatic rings. The van der Waals surface area contributed by atoms with Crippen molar-refractivity contribution in [2.45, 2.75) is 48.9 Å². The maximum atomic E-state index is 12.2. The summed E-state index contributed by atoms with van der Waals surface area (Å²) < 4.78 is 27.6. The number of nitrogens with one attached hydrogen (secondary N) is 1. The number of hydrogen-bond donors (Lipinski definition) is 2. The molecule has 2 rings (SSSR count). The van der Waals surface area contributed by atoms with Crippen molar-refractivity contribution in [3.8, 4) is 0 Å². The zero-order valence-electron chi connectivity index (χ0n) is 9.90. The van der Waals surface area contributed by atoms with Crippen LogP contribution in [0.2, 0.25) is 0 Å². The Kier molecular flexibility index (Phi) is 3.58. The molecule has 1 aromatic heterocycles. The van der Waals surface area contributed by atoms with E-state index in [2.05, 4.69) is 4.72 Å². The van der Waals surface area contributed by atoms with Crippen molar-refractivity contribution in [3.63, 3.8) is 0 Å². The van der Waals surface area contributed by atoms with E-state index in [0.29, 0.717) is 10.8 Å². The topological polar surface area (TPSA) is 72.2 Å². The van der Waals surface area contributed by atoms with Gasteiger partial charge in [0.05, 0.1) is 0 Å². The highest BCUT2D eigenvalue weighted by Gasteiger charge is 2.39. The first-order valence-corrected chi connectivity index (χ1v) is 8.14. The Morgan fingerprint density at radius 3 is 2.59 bits per heavy atom. The summed E-state index contributed by atoms with van der Waals surface area (Å²) in [5.74, 6) is 0. The van der Waals surface area contributed by atoms with Gasteiger partial charge in [-0.2, -0.15) is 0 Å². The van der Waals surface area contributed by atoms with Gasteiger partial charge in [-0.05, 0) is 37.8 Å².